The SMILES string of the molecule is CS(=O)(=O)Nc1ccc(C(=O)Nc2ccc3c(c2)OC2(CCCC2)O3)cc1. The highest BCUT2D eigenvalue weighted by Gasteiger charge is 2.44. The molecule has 2 aromatic rings. The summed E-state index contributed by atoms with van der Waals surface area (Å²) in [5.41, 5.74) is 1.42. The average molecular weight is 388 g/mol. The van der Waals surface area contributed by atoms with E-state index >= 15 is 0 Å². The van der Waals surface area contributed by atoms with E-state index in [0.29, 0.717) is 28.4 Å². The number of fused-ring (bicyclic) bond motifs is 1. The molecule has 0 unspecified atom stereocenters. The number of carbonyl (C=O) groups is 1. The number of nitrogens with one attached hydrogen (secondary N) is 2. The number of hydrogen-bond acceptors (Lipinski definition) is 5. The zero-order chi connectivity index (χ0) is 19.1. The van der Waals surface area contributed by atoms with Gasteiger partial charge < -0.3 is 14.8 Å². The third-order valence-corrected chi connectivity index (χ3v) is 5.22. The van der Waals surface area contributed by atoms with Crippen LogP contribution in [0.5, 0.6) is 11.5 Å². The number of benzene rings is 2. The first kappa shape index (κ1) is 17.7. The fourth-order valence-corrected chi connectivity index (χ4v) is 3.96. The maximum absolute atomic E-state index is 12.4. The summed E-state index contributed by atoms with van der Waals surface area (Å²) in [7, 11) is -3.35. The molecule has 2 N–H and O–H groups in total. The van der Waals surface area contributed by atoms with E-state index < -0.39 is 15.8 Å². The second-order valence-electron chi connectivity index (χ2n) is 6.89. The summed E-state index contributed by atoms with van der Waals surface area (Å²) in [5, 5.41) is 2.82. The molecule has 7 nitrogen and oxygen atoms in total. The van der Waals surface area contributed by atoms with Gasteiger partial charge in [-0.05, 0) is 49.2 Å². The zero-order valence-corrected chi connectivity index (χ0v) is 15.6. The van der Waals surface area contributed by atoms with Gasteiger partial charge in [-0.1, -0.05) is 0 Å². The van der Waals surface area contributed by atoms with Gasteiger partial charge in [0.1, 0.15) is 0 Å². The molecule has 1 saturated carbocycles. The van der Waals surface area contributed by atoms with E-state index in [4.69, 9.17) is 9.47 Å². The van der Waals surface area contributed by atoms with Gasteiger partial charge in [0.15, 0.2) is 11.5 Å². The third kappa shape index (κ3) is 3.85. The predicted molar refractivity (Wildman–Crippen MR) is 102 cm³/mol. The van der Waals surface area contributed by atoms with Crippen molar-refractivity contribution in [2.75, 3.05) is 16.3 Å². The first-order chi connectivity index (χ1) is 12.8. The number of hydrogen-bond donors (Lipinski definition) is 2. The van der Waals surface area contributed by atoms with Gasteiger partial charge >= 0.3 is 0 Å². The summed E-state index contributed by atoms with van der Waals surface area (Å²) in [6, 6.07) is 11.5. The molecule has 27 heavy (non-hydrogen) atoms. The van der Waals surface area contributed by atoms with Crippen LogP contribution in [0.25, 0.3) is 0 Å². The molecule has 1 amide bonds. The molecule has 2 aliphatic rings. The lowest BCUT2D eigenvalue weighted by atomic mass is 10.2. The Balaban J connectivity index is 1.45. The van der Waals surface area contributed by atoms with E-state index in [0.717, 1.165) is 31.9 Å². The Morgan fingerprint density at radius 3 is 2.26 bits per heavy atom. The molecule has 0 aromatic heterocycles. The summed E-state index contributed by atoms with van der Waals surface area (Å²) < 4.78 is 36.8. The lowest BCUT2D eigenvalue weighted by Crippen LogP contribution is -2.34. The normalized spacial score (nSPS) is 17.1. The summed E-state index contributed by atoms with van der Waals surface area (Å²) in [6.45, 7) is 0. The van der Waals surface area contributed by atoms with E-state index in [1.54, 1.807) is 42.5 Å². The van der Waals surface area contributed by atoms with Gasteiger partial charge in [-0.3, -0.25) is 9.52 Å². The molecule has 0 radical (unpaired) electrons. The molecule has 2 aromatic carbocycles. The molecule has 0 saturated heterocycles. The van der Waals surface area contributed by atoms with Crippen LogP contribution in [0.2, 0.25) is 0 Å². The largest absolute Gasteiger partial charge is 0.448 e. The van der Waals surface area contributed by atoms with Crippen LogP contribution in [0, 0.1) is 0 Å². The second-order valence-corrected chi connectivity index (χ2v) is 8.64. The Morgan fingerprint density at radius 2 is 1.59 bits per heavy atom. The van der Waals surface area contributed by atoms with Crippen LogP contribution < -0.4 is 19.5 Å². The Bertz CT molecular complexity index is 980. The molecule has 1 aliphatic heterocycles. The van der Waals surface area contributed by atoms with Crippen molar-refractivity contribution in [1.29, 1.82) is 0 Å². The Hall–Kier alpha value is -2.74. The molecular weight excluding hydrogens is 368 g/mol. The highest BCUT2D eigenvalue weighted by molar-refractivity contribution is 7.92. The lowest BCUT2D eigenvalue weighted by Gasteiger charge is -2.21. The van der Waals surface area contributed by atoms with Crippen molar-refractivity contribution in [3.63, 3.8) is 0 Å². The minimum atomic E-state index is -3.35. The summed E-state index contributed by atoms with van der Waals surface area (Å²) in [5.74, 6) is 0.511. The molecular formula is C19H20N2O5S. The Kier molecular flexibility index (Phi) is 4.22. The van der Waals surface area contributed by atoms with Crippen molar-refractivity contribution in [3.8, 4) is 11.5 Å². The topological polar surface area (TPSA) is 93.7 Å². The number of sulfonamides is 1. The zero-order valence-electron chi connectivity index (χ0n) is 14.8. The smallest absolute Gasteiger partial charge is 0.255 e. The van der Waals surface area contributed by atoms with E-state index in [1.807, 2.05) is 0 Å². The highest BCUT2D eigenvalue weighted by Crippen LogP contribution is 2.47. The average Bonchev–Trinajstić information content (AvgIpc) is 3.19. The van der Waals surface area contributed by atoms with Crippen LogP contribution in [-0.2, 0) is 10.0 Å². The van der Waals surface area contributed by atoms with E-state index in [9.17, 15) is 13.2 Å². The second kappa shape index (κ2) is 6.45. The van der Waals surface area contributed by atoms with Crippen LogP contribution in [0.3, 0.4) is 0 Å². The number of rotatable bonds is 4. The number of carbonyl (C=O) groups excluding carboxylic acids is 1. The molecule has 4 rings (SSSR count). The number of amides is 1. The highest BCUT2D eigenvalue weighted by atomic mass is 32.2. The van der Waals surface area contributed by atoms with Gasteiger partial charge in [-0.15, -0.1) is 0 Å². The first-order valence-corrected chi connectivity index (χ1v) is 10.6. The molecule has 0 atom stereocenters. The van der Waals surface area contributed by atoms with E-state index in [-0.39, 0.29) is 5.91 Å². The van der Waals surface area contributed by atoms with E-state index in [1.165, 1.54) is 0 Å². The van der Waals surface area contributed by atoms with Crippen LogP contribution in [0.1, 0.15) is 36.0 Å². The standard InChI is InChI=1S/C19H20N2O5S/c1-27(23,24)21-14-6-4-13(5-7-14)18(22)20-15-8-9-16-17(12-15)26-19(25-16)10-2-3-11-19/h4-9,12,21H,2-3,10-11H2,1H3,(H,20,22). The Morgan fingerprint density at radius 1 is 0.963 bits per heavy atom. The number of ether oxygens (including phenoxy) is 2. The van der Waals surface area contributed by atoms with Gasteiger partial charge in [0.25, 0.3) is 11.7 Å². The minimum absolute atomic E-state index is 0.296. The monoisotopic (exact) mass is 388 g/mol. The maximum atomic E-state index is 12.4. The molecule has 0 bridgehead atoms. The molecule has 1 heterocycles. The molecule has 1 spiro atoms. The quantitative estimate of drug-likeness (QED) is 0.838. The molecule has 142 valence electrons. The van der Waals surface area contributed by atoms with Gasteiger partial charge in [0, 0.05) is 35.8 Å². The van der Waals surface area contributed by atoms with Crippen molar-refractivity contribution in [2.45, 2.75) is 31.5 Å². The van der Waals surface area contributed by atoms with E-state index in [2.05, 4.69) is 10.0 Å². The van der Waals surface area contributed by atoms with Gasteiger partial charge in [-0.25, -0.2) is 8.42 Å². The van der Waals surface area contributed by atoms with Gasteiger partial charge in [-0.2, -0.15) is 0 Å². The summed E-state index contributed by atoms with van der Waals surface area (Å²) in [6.07, 6.45) is 4.99. The van der Waals surface area contributed by atoms with Crippen LogP contribution in [-0.4, -0.2) is 26.4 Å². The van der Waals surface area contributed by atoms with Crippen LogP contribution >= 0.6 is 0 Å². The first-order valence-electron chi connectivity index (χ1n) is 8.73. The minimum Gasteiger partial charge on any atom is -0.448 e. The number of anilines is 2. The Labute approximate surface area is 157 Å². The fourth-order valence-electron chi connectivity index (χ4n) is 3.40. The van der Waals surface area contributed by atoms with Crippen LogP contribution in [0.15, 0.2) is 42.5 Å². The molecule has 1 aliphatic carbocycles. The van der Waals surface area contributed by atoms with Crippen molar-refractivity contribution >= 4 is 27.3 Å². The van der Waals surface area contributed by atoms with Gasteiger partial charge in [0.05, 0.1) is 6.26 Å². The van der Waals surface area contributed by atoms with Crippen molar-refractivity contribution < 1.29 is 22.7 Å². The summed E-state index contributed by atoms with van der Waals surface area (Å²) in [4.78, 5) is 12.4. The fraction of sp³-hybridized carbons (Fsp3) is 0.316. The lowest BCUT2D eigenvalue weighted by molar-refractivity contribution is -0.0716. The third-order valence-electron chi connectivity index (χ3n) is 4.61. The van der Waals surface area contributed by atoms with Crippen molar-refractivity contribution in [2.24, 2.45) is 0 Å². The maximum Gasteiger partial charge on any atom is 0.255 e. The predicted octanol–water partition coefficient (Wildman–Crippen LogP) is 3.35. The van der Waals surface area contributed by atoms with Gasteiger partial charge in [0.2, 0.25) is 10.0 Å². The van der Waals surface area contributed by atoms with Crippen molar-refractivity contribution in [1.82, 2.24) is 0 Å². The van der Waals surface area contributed by atoms with Crippen molar-refractivity contribution in [3.05, 3.63) is 48.0 Å². The van der Waals surface area contributed by atoms with Crippen LogP contribution in [0.4, 0.5) is 11.4 Å². The molecule has 1 fully saturated rings. The molecule has 8 heteroatoms. The summed E-state index contributed by atoms with van der Waals surface area (Å²) >= 11 is 0.